The molecule has 5 nitrogen and oxygen atoms in total. The number of aromatic nitrogens is 2. The molecule has 1 aliphatic heterocycles. The summed E-state index contributed by atoms with van der Waals surface area (Å²) in [6.45, 7) is 16.6. The second-order valence-electron chi connectivity index (χ2n) is 19.4. The summed E-state index contributed by atoms with van der Waals surface area (Å²) >= 11 is -0.438. The van der Waals surface area contributed by atoms with Gasteiger partial charge in [-0.3, -0.25) is 0 Å². The average Bonchev–Trinajstić information content (AvgIpc) is 4.03. The molecule has 0 saturated heterocycles. The Labute approximate surface area is 391 Å². The van der Waals surface area contributed by atoms with Crippen molar-refractivity contribution in [3.63, 3.8) is 0 Å². The molecule has 0 unspecified atom stereocenters. The van der Waals surface area contributed by atoms with Crippen molar-refractivity contribution in [3.05, 3.63) is 191 Å². The van der Waals surface area contributed by atoms with Gasteiger partial charge in [-0.15, -0.1) is 0 Å². The fraction of sp³-hybridized carbons (Fsp3) is 0.169. The Hall–Kier alpha value is -6.58. The molecule has 0 amide bonds. The Morgan fingerprint density at radius 3 is 1.80 bits per heavy atom. The normalized spacial score (nSPS) is 13.0. The zero-order valence-electron chi connectivity index (χ0n) is 38.1. The van der Waals surface area contributed by atoms with Crippen molar-refractivity contribution in [2.45, 2.75) is 59.3 Å². The van der Waals surface area contributed by atoms with Gasteiger partial charge in [0.25, 0.3) is 0 Å². The molecular weight excluding hydrogens is 908 g/mol. The fourth-order valence-corrected chi connectivity index (χ4v) is 11.9. The molecule has 1 aliphatic rings. The maximum absolute atomic E-state index is 7.03. The Balaban J connectivity index is 1.04. The first-order valence-electron chi connectivity index (χ1n) is 22.5. The molecule has 6 heteroatoms. The van der Waals surface area contributed by atoms with Gasteiger partial charge in [0, 0.05) is 11.1 Å². The van der Waals surface area contributed by atoms with Crippen LogP contribution in [0.1, 0.15) is 58.2 Å². The molecule has 0 atom stereocenters. The fourth-order valence-electron chi connectivity index (χ4n) is 9.50. The summed E-state index contributed by atoms with van der Waals surface area (Å²) in [5.41, 5.74) is 15.3. The summed E-state index contributed by atoms with van der Waals surface area (Å²) in [6.07, 6.45) is 0. The molecule has 320 valence electrons. The monoisotopic (exact) mass is 962 g/mol. The Kier molecular flexibility index (Phi) is 10.0. The molecule has 0 spiro atoms. The van der Waals surface area contributed by atoms with Gasteiger partial charge < -0.3 is 4.90 Å². The number of anilines is 4. The Morgan fingerprint density at radius 1 is 0.523 bits per heavy atom. The van der Waals surface area contributed by atoms with E-state index in [1.165, 1.54) is 70.0 Å². The SMILES string of the molecule is Cc1cc(-n2c3ccccc3c3ccc(Oc4cc(N5CN(c6c(-c7ccccc7)cc(C(C)(C)C)cc6-c6ccccc6)c6ccccc65)cc(C(C)(C)C)c4)cc32)nc2[te]ccc12. The van der Waals surface area contributed by atoms with Crippen molar-refractivity contribution in [1.82, 2.24) is 9.55 Å². The molecule has 0 saturated carbocycles. The van der Waals surface area contributed by atoms with Crippen LogP contribution >= 0.6 is 0 Å². The molecule has 0 bridgehead atoms. The van der Waals surface area contributed by atoms with Gasteiger partial charge in [-0.25, -0.2) is 0 Å². The number of aryl methyl sites for hydroxylation is 1. The van der Waals surface area contributed by atoms with E-state index in [0.29, 0.717) is 6.67 Å². The third-order valence-corrected chi connectivity index (χ3v) is 15.3. The van der Waals surface area contributed by atoms with E-state index in [1.54, 1.807) is 0 Å². The maximum atomic E-state index is 7.03. The van der Waals surface area contributed by atoms with E-state index >= 15 is 0 Å². The van der Waals surface area contributed by atoms with Gasteiger partial charge in [0.1, 0.15) is 6.67 Å². The number of benzene rings is 7. The van der Waals surface area contributed by atoms with Gasteiger partial charge in [0.05, 0.1) is 17.1 Å². The van der Waals surface area contributed by atoms with Crippen molar-refractivity contribution in [2.24, 2.45) is 0 Å². The Bertz CT molecular complexity index is 3360. The molecule has 65 heavy (non-hydrogen) atoms. The van der Waals surface area contributed by atoms with Crippen LogP contribution in [0.25, 0.3) is 58.8 Å². The second kappa shape index (κ2) is 15.8. The van der Waals surface area contributed by atoms with Crippen LogP contribution in [0.2, 0.25) is 0 Å². The average molecular weight is 961 g/mol. The van der Waals surface area contributed by atoms with Crippen LogP contribution in [0.4, 0.5) is 22.7 Å². The van der Waals surface area contributed by atoms with E-state index in [0.717, 1.165) is 39.7 Å². The molecule has 0 N–H and O–H groups in total. The summed E-state index contributed by atoms with van der Waals surface area (Å²) in [4.78, 5) is 10.3. The van der Waals surface area contributed by atoms with E-state index in [9.17, 15) is 0 Å². The molecule has 10 aromatic rings. The first-order valence-corrected chi connectivity index (χ1v) is 25.1. The van der Waals surface area contributed by atoms with Gasteiger partial charge >= 0.3 is 194 Å². The molecule has 3 aromatic heterocycles. The summed E-state index contributed by atoms with van der Waals surface area (Å²) in [5, 5.41) is 3.68. The number of fused-ring (bicyclic) bond motifs is 5. The zero-order chi connectivity index (χ0) is 44.6. The van der Waals surface area contributed by atoms with Crippen molar-refractivity contribution in [1.29, 1.82) is 0 Å². The molecule has 0 fully saturated rings. The van der Waals surface area contributed by atoms with Crippen LogP contribution in [0.3, 0.4) is 0 Å². The molecule has 0 aliphatic carbocycles. The summed E-state index contributed by atoms with van der Waals surface area (Å²) in [5.74, 6) is 2.55. The number of ether oxygens (including phenoxy) is 1. The molecule has 0 radical (unpaired) electrons. The molecule has 7 aromatic carbocycles. The van der Waals surface area contributed by atoms with Gasteiger partial charge in [0.15, 0.2) is 0 Å². The van der Waals surface area contributed by atoms with Crippen LogP contribution < -0.4 is 14.5 Å². The molecule has 4 heterocycles. The van der Waals surface area contributed by atoms with Gasteiger partial charge in [-0.2, -0.15) is 0 Å². The number of nitrogens with zero attached hydrogens (tertiary/aromatic N) is 4. The van der Waals surface area contributed by atoms with Crippen LogP contribution in [-0.2, 0) is 10.8 Å². The van der Waals surface area contributed by atoms with Crippen molar-refractivity contribution >= 4 is 73.9 Å². The molecular formula is C59H52N4OTe. The quantitative estimate of drug-likeness (QED) is 0.149. The number of para-hydroxylation sites is 3. The minimum absolute atomic E-state index is 0.0536. The number of rotatable bonds is 7. The first kappa shape index (κ1) is 41.1. The predicted octanol–water partition coefficient (Wildman–Crippen LogP) is 15.7. The van der Waals surface area contributed by atoms with Crippen LogP contribution in [0.15, 0.2) is 174 Å². The first-order chi connectivity index (χ1) is 31.4. The van der Waals surface area contributed by atoms with Crippen molar-refractivity contribution in [3.8, 4) is 39.6 Å². The number of pyridine rings is 1. The van der Waals surface area contributed by atoms with Crippen LogP contribution in [0.5, 0.6) is 11.5 Å². The number of hydrogen-bond donors (Lipinski definition) is 0. The van der Waals surface area contributed by atoms with Crippen molar-refractivity contribution in [2.75, 3.05) is 16.5 Å². The molecule has 11 rings (SSSR count). The van der Waals surface area contributed by atoms with Crippen molar-refractivity contribution < 1.29 is 4.74 Å². The van der Waals surface area contributed by atoms with E-state index in [1.807, 2.05) is 0 Å². The van der Waals surface area contributed by atoms with E-state index < -0.39 is 20.4 Å². The Morgan fingerprint density at radius 2 is 1.12 bits per heavy atom. The third-order valence-electron chi connectivity index (χ3n) is 13.0. The second-order valence-corrected chi connectivity index (χ2v) is 22.0. The minimum atomic E-state index is -0.438. The van der Waals surface area contributed by atoms with Gasteiger partial charge in [-0.1, -0.05) is 114 Å². The van der Waals surface area contributed by atoms with E-state index in [4.69, 9.17) is 9.72 Å². The van der Waals surface area contributed by atoms with E-state index in [-0.39, 0.29) is 10.8 Å². The van der Waals surface area contributed by atoms with E-state index in [2.05, 4.69) is 237 Å². The number of hydrogen-bond acceptors (Lipinski definition) is 4. The predicted molar refractivity (Wildman–Crippen MR) is 275 cm³/mol. The summed E-state index contributed by atoms with van der Waals surface area (Å²) in [6, 6.07) is 61.9. The van der Waals surface area contributed by atoms with Gasteiger partial charge in [0.2, 0.25) is 0 Å². The standard InChI is InChI=1S/C59H52N4OTe/c1-38-30-55(60-57-46(38)28-29-65-57)63-51-23-15-14-22-47(51)48-27-26-44(36-54(48)63)64-45-32-41(58(2,3)4)31-43(35-45)61-37-62(53-25-17-16-24-52(53)61)56-49(39-18-10-8-11-19-39)33-42(59(5,6)7)34-50(56)40-20-12-9-13-21-40/h8-36H,37H2,1-7H3. The van der Waals surface area contributed by atoms with Gasteiger partial charge in [-0.05, 0) is 46.4 Å². The summed E-state index contributed by atoms with van der Waals surface area (Å²) < 4.78 is 12.9. The zero-order valence-corrected chi connectivity index (χ0v) is 40.4. The topological polar surface area (TPSA) is 33.5 Å². The summed E-state index contributed by atoms with van der Waals surface area (Å²) in [7, 11) is 0. The van der Waals surface area contributed by atoms with Crippen LogP contribution in [-0.4, -0.2) is 36.7 Å². The third kappa shape index (κ3) is 7.40. The van der Waals surface area contributed by atoms with Crippen LogP contribution in [0, 0.1) is 6.92 Å².